The molecule has 0 radical (unpaired) electrons. The Morgan fingerprint density at radius 1 is 1.19 bits per heavy atom. The van der Waals surface area contributed by atoms with E-state index in [1.807, 2.05) is 42.5 Å². The van der Waals surface area contributed by atoms with Gasteiger partial charge < -0.3 is 4.74 Å². The Balaban J connectivity index is 1.89. The molecule has 3 rings (SSSR count). The first-order valence-electron chi connectivity index (χ1n) is 8.17. The summed E-state index contributed by atoms with van der Waals surface area (Å²) in [6.07, 6.45) is 0.538. The van der Waals surface area contributed by atoms with E-state index in [0.717, 1.165) is 16.8 Å². The lowest BCUT2D eigenvalue weighted by Gasteiger charge is -2.22. The molecule has 7 nitrogen and oxygen atoms in total. The first-order valence-corrected chi connectivity index (χ1v) is 8.17. The van der Waals surface area contributed by atoms with Gasteiger partial charge in [-0.2, -0.15) is 5.10 Å². The Morgan fingerprint density at radius 3 is 2.58 bits per heavy atom. The summed E-state index contributed by atoms with van der Waals surface area (Å²) in [6.45, 7) is 1.14. The van der Waals surface area contributed by atoms with Crippen LogP contribution in [0.1, 0.15) is 30.5 Å². The third kappa shape index (κ3) is 3.73. The molecular formula is C19H19N3O4. The van der Waals surface area contributed by atoms with Crippen molar-refractivity contribution in [3.63, 3.8) is 0 Å². The summed E-state index contributed by atoms with van der Waals surface area (Å²) in [5, 5.41) is 14.6. The Bertz CT molecular complexity index is 836. The van der Waals surface area contributed by atoms with E-state index in [1.54, 1.807) is 12.1 Å². The van der Waals surface area contributed by atoms with E-state index in [4.69, 9.17) is 9.94 Å². The maximum Gasteiger partial charge on any atom is 0.281 e. The van der Waals surface area contributed by atoms with E-state index in [-0.39, 0.29) is 18.6 Å². The van der Waals surface area contributed by atoms with Crippen molar-refractivity contribution in [2.75, 3.05) is 6.61 Å². The largest absolute Gasteiger partial charge is 0.483 e. The van der Waals surface area contributed by atoms with Gasteiger partial charge in [-0.1, -0.05) is 48.5 Å². The van der Waals surface area contributed by atoms with E-state index in [0.29, 0.717) is 12.2 Å². The topological polar surface area (TPSA) is 91.2 Å². The minimum Gasteiger partial charge on any atom is -0.483 e. The van der Waals surface area contributed by atoms with Crippen LogP contribution in [-0.2, 0) is 9.59 Å². The molecule has 2 amide bonds. The number of ether oxygens (including phenoxy) is 1. The van der Waals surface area contributed by atoms with Crippen molar-refractivity contribution in [2.45, 2.75) is 19.4 Å². The molecule has 0 aromatic heterocycles. The Morgan fingerprint density at radius 2 is 1.88 bits per heavy atom. The number of rotatable bonds is 5. The zero-order valence-corrected chi connectivity index (χ0v) is 14.3. The van der Waals surface area contributed by atoms with Crippen LogP contribution in [0.3, 0.4) is 0 Å². The van der Waals surface area contributed by atoms with Crippen LogP contribution in [-0.4, -0.2) is 34.3 Å². The molecule has 1 atom stereocenters. The van der Waals surface area contributed by atoms with Gasteiger partial charge in [-0.15, -0.1) is 0 Å². The first-order chi connectivity index (χ1) is 12.6. The van der Waals surface area contributed by atoms with Gasteiger partial charge in [0, 0.05) is 18.9 Å². The maximum atomic E-state index is 12.1. The molecule has 2 N–H and O–H groups in total. The number of carbonyl (C=O) groups is 2. The second-order valence-electron chi connectivity index (χ2n) is 5.86. The van der Waals surface area contributed by atoms with Gasteiger partial charge in [0.05, 0.1) is 11.8 Å². The molecule has 2 aromatic rings. The van der Waals surface area contributed by atoms with Gasteiger partial charge >= 0.3 is 0 Å². The monoisotopic (exact) mass is 353 g/mol. The second-order valence-corrected chi connectivity index (χ2v) is 5.86. The lowest BCUT2D eigenvalue weighted by Crippen LogP contribution is -2.27. The molecule has 26 heavy (non-hydrogen) atoms. The molecule has 1 aliphatic rings. The lowest BCUT2D eigenvalue weighted by molar-refractivity contribution is -0.132. The van der Waals surface area contributed by atoms with E-state index < -0.39 is 5.91 Å². The van der Waals surface area contributed by atoms with Gasteiger partial charge in [-0.05, 0) is 11.6 Å². The fourth-order valence-corrected chi connectivity index (χ4v) is 2.91. The summed E-state index contributed by atoms with van der Waals surface area (Å²) in [5.41, 5.74) is 4.05. The standard InChI is InChI=1S/C19H19N3O4/c1-13(23)22-17(11-16(20-22)14-7-3-2-4-8-14)15-9-5-6-10-18(15)26-12-19(24)21-25/h2-10,17,25H,11-12H2,1H3,(H,21,24). The fraction of sp³-hybridized carbons (Fsp3) is 0.211. The number of nitrogens with zero attached hydrogens (tertiary/aromatic N) is 2. The highest BCUT2D eigenvalue weighted by Gasteiger charge is 2.33. The SMILES string of the molecule is CC(=O)N1N=C(c2ccccc2)CC1c1ccccc1OCC(=O)NO. The van der Waals surface area contributed by atoms with Crippen LogP contribution in [0.15, 0.2) is 59.7 Å². The highest BCUT2D eigenvalue weighted by atomic mass is 16.5. The van der Waals surface area contributed by atoms with Crippen LogP contribution >= 0.6 is 0 Å². The van der Waals surface area contributed by atoms with Crippen LogP contribution in [0.4, 0.5) is 0 Å². The predicted molar refractivity (Wildman–Crippen MR) is 94.7 cm³/mol. The zero-order valence-electron chi connectivity index (χ0n) is 14.3. The molecule has 1 heterocycles. The molecule has 0 bridgehead atoms. The third-order valence-corrected chi connectivity index (χ3v) is 4.10. The highest BCUT2D eigenvalue weighted by molar-refractivity contribution is 6.03. The minimum absolute atomic E-state index is 0.177. The molecule has 2 aromatic carbocycles. The number of benzene rings is 2. The minimum atomic E-state index is -0.657. The molecule has 134 valence electrons. The van der Waals surface area contributed by atoms with Crippen molar-refractivity contribution in [1.82, 2.24) is 10.5 Å². The van der Waals surface area contributed by atoms with Crippen molar-refractivity contribution in [2.24, 2.45) is 5.10 Å². The van der Waals surface area contributed by atoms with Crippen molar-refractivity contribution < 1.29 is 19.5 Å². The van der Waals surface area contributed by atoms with Crippen molar-refractivity contribution >= 4 is 17.5 Å². The average Bonchev–Trinajstić information content (AvgIpc) is 3.12. The van der Waals surface area contributed by atoms with Crippen molar-refractivity contribution in [3.8, 4) is 5.75 Å². The highest BCUT2D eigenvalue weighted by Crippen LogP contribution is 2.37. The van der Waals surface area contributed by atoms with Crippen molar-refractivity contribution in [1.29, 1.82) is 0 Å². The number of hydrogen-bond donors (Lipinski definition) is 2. The summed E-state index contributed by atoms with van der Waals surface area (Å²) >= 11 is 0. The molecular weight excluding hydrogens is 334 g/mol. The summed E-state index contributed by atoms with van der Waals surface area (Å²) in [6, 6.07) is 16.5. The molecule has 0 spiro atoms. The van der Waals surface area contributed by atoms with Gasteiger partial charge in [0.15, 0.2) is 6.61 Å². The summed E-state index contributed by atoms with van der Waals surface area (Å²) in [7, 11) is 0. The number of carbonyl (C=O) groups excluding carboxylic acids is 2. The fourth-order valence-electron chi connectivity index (χ4n) is 2.91. The lowest BCUT2D eigenvalue weighted by atomic mass is 9.97. The number of hydrazone groups is 1. The van der Waals surface area contributed by atoms with Gasteiger partial charge in [-0.3, -0.25) is 14.8 Å². The Labute approximate surface area is 150 Å². The molecule has 1 unspecified atom stereocenters. The van der Waals surface area contributed by atoms with E-state index in [2.05, 4.69) is 5.10 Å². The quantitative estimate of drug-likeness (QED) is 0.637. The second kappa shape index (κ2) is 7.79. The number of hydroxylamine groups is 1. The molecule has 1 aliphatic heterocycles. The number of hydrogen-bond acceptors (Lipinski definition) is 5. The van der Waals surface area contributed by atoms with Crippen LogP contribution in [0.2, 0.25) is 0 Å². The van der Waals surface area contributed by atoms with Crippen LogP contribution in [0.5, 0.6) is 5.75 Å². The smallest absolute Gasteiger partial charge is 0.281 e. The Kier molecular flexibility index (Phi) is 5.28. The summed E-state index contributed by atoms with van der Waals surface area (Å²) in [4.78, 5) is 23.4. The molecule has 7 heteroatoms. The number of para-hydroxylation sites is 1. The van der Waals surface area contributed by atoms with Gasteiger partial charge in [0.2, 0.25) is 5.91 Å². The van der Waals surface area contributed by atoms with Gasteiger partial charge in [0.25, 0.3) is 5.91 Å². The van der Waals surface area contributed by atoms with Crippen molar-refractivity contribution in [3.05, 3.63) is 65.7 Å². The van der Waals surface area contributed by atoms with E-state index in [9.17, 15) is 9.59 Å². The molecule has 0 fully saturated rings. The molecule has 0 saturated carbocycles. The van der Waals surface area contributed by atoms with Crippen LogP contribution < -0.4 is 10.2 Å². The predicted octanol–water partition coefficient (Wildman–Crippen LogP) is 2.27. The number of amides is 2. The van der Waals surface area contributed by atoms with Crippen LogP contribution in [0, 0.1) is 0 Å². The van der Waals surface area contributed by atoms with E-state index >= 15 is 0 Å². The number of nitrogens with one attached hydrogen (secondary N) is 1. The molecule has 0 saturated heterocycles. The molecule has 0 aliphatic carbocycles. The maximum absolute atomic E-state index is 12.1. The first kappa shape index (κ1) is 17.6. The average molecular weight is 353 g/mol. The van der Waals surface area contributed by atoms with E-state index in [1.165, 1.54) is 17.4 Å². The van der Waals surface area contributed by atoms with Gasteiger partial charge in [-0.25, -0.2) is 10.5 Å². The third-order valence-electron chi connectivity index (χ3n) is 4.10. The van der Waals surface area contributed by atoms with Gasteiger partial charge in [0.1, 0.15) is 5.75 Å². The van der Waals surface area contributed by atoms with Crippen LogP contribution in [0.25, 0.3) is 0 Å². The summed E-state index contributed by atoms with van der Waals surface area (Å²) in [5.74, 6) is -0.364. The Hall–Kier alpha value is -3.19. The normalized spacial score (nSPS) is 16.2. The zero-order chi connectivity index (χ0) is 18.5. The summed E-state index contributed by atoms with van der Waals surface area (Å²) < 4.78 is 5.51.